The molecule has 0 bridgehead atoms. The lowest BCUT2D eigenvalue weighted by Crippen LogP contribution is -2.47. The lowest BCUT2D eigenvalue weighted by Gasteiger charge is -2.35. The van der Waals surface area contributed by atoms with E-state index in [1.165, 1.54) is 0 Å². The molecule has 1 fully saturated rings. The van der Waals surface area contributed by atoms with Crippen molar-refractivity contribution in [3.63, 3.8) is 0 Å². The molecule has 94 valence electrons. The van der Waals surface area contributed by atoms with Gasteiger partial charge in [0.25, 0.3) is 0 Å². The number of carboxylic acid groups (broad SMARTS) is 1. The van der Waals surface area contributed by atoms with Gasteiger partial charge in [-0.1, -0.05) is 6.92 Å². The van der Waals surface area contributed by atoms with Crippen LogP contribution >= 0.6 is 0 Å². The summed E-state index contributed by atoms with van der Waals surface area (Å²) in [6.07, 6.45) is 7.27. The molecular weight excluding hydrogens is 218 g/mol. The SMILES string of the molecule is CC1CCN(CCn2ccnc2)C(C(=O)O)C1. The van der Waals surface area contributed by atoms with Crippen LogP contribution in [0, 0.1) is 5.92 Å². The van der Waals surface area contributed by atoms with Gasteiger partial charge in [0.15, 0.2) is 0 Å². The molecule has 0 radical (unpaired) electrons. The molecule has 5 nitrogen and oxygen atoms in total. The van der Waals surface area contributed by atoms with Crippen LogP contribution in [0.4, 0.5) is 0 Å². The minimum absolute atomic E-state index is 0.317. The molecule has 2 rings (SSSR count). The van der Waals surface area contributed by atoms with Gasteiger partial charge in [0, 0.05) is 25.5 Å². The van der Waals surface area contributed by atoms with Crippen LogP contribution < -0.4 is 0 Å². The van der Waals surface area contributed by atoms with Crippen LogP contribution in [0.1, 0.15) is 19.8 Å². The lowest BCUT2D eigenvalue weighted by molar-refractivity contribution is -0.145. The fourth-order valence-electron chi connectivity index (χ4n) is 2.38. The van der Waals surface area contributed by atoms with Crippen molar-refractivity contribution in [1.82, 2.24) is 14.5 Å². The van der Waals surface area contributed by atoms with Crippen molar-refractivity contribution in [2.75, 3.05) is 13.1 Å². The third kappa shape index (κ3) is 3.06. The number of aromatic nitrogens is 2. The molecule has 17 heavy (non-hydrogen) atoms. The van der Waals surface area contributed by atoms with Gasteiger partial charge in [-0.05, 0) is 25.3 Å². The Bertz CT molecular complexity index is 364. The zero-order valence-electron chi connectivity index (χ0n) is 10.1. The third-order valence-electron chi connectivity index (χ3n) is 3.47. The molecule has 2 atom stereocenters. The highest BCUT2D eigenvalue weighted by molar-refractivity contribution is 5.73. The normalized spacial score (nSPS) is 25.9. The second-order valence-electron chi connectivity index (χ2n) is 4.82. The fraction of sp³-hybridized carbons (Fsp3) is 0.667. The molecule has 1 aromatic heterocycles. The van der Waals surface area contributed by atoms with E-state index >= 15 is 0 Å². The number of likely N-dealkylation sites (tertiary alicyclic amines) is 1. The van der Waals surface area contributed by atoms with E-state index in [1.54, 1.807) is 12.5 Å². The van der Waals surface area contributed by atoms with Crippen molar-refractivity contribution >= 4 is 5.97 Å². The predicted molar refractivity (Wildman–Crippen MR) is 63.6 cm³/mol. The number of piperidine rings is 1. The van der Waals surface area contributed by atoms with Crippen molar-refractivity contribution < 1.29 is 9.90 Å². The highest BCUT2D eigenvalue weighted by Gasteiger charge is 2.31. The molecule has 0 amide bonds. The molecule has 0 saturated carbocycles. The number of carboxylic acids is 1. The second kappa shape index (κ2) is 5.31. The minimum atomic E-state index is -0.692. The lowest BCUT2D eigenvalue weighted by atomic mass is 9.92. The Hall–Kier alpha value is -1.36. The maximum atomic E-state index is 11.2. The van der Waals surface area contributed by atoms with E-state index in [-0.39, 0.29) is 6.04 Å². The van der Waals surface area contributed by atoms with Crippen molar-refractivity contribution in [1.29, 1.82) is 0 Å². The molecule has 1 aromatic rings. The Balaban J connectivity index is 1.91. The van der Waals surface area contributed by atoms with Crippen LogP contribution in [0.15, 0.2) is 18.7 Å². The van der Waals surface area contributed by atoms with Gasteiger partial charge in [-0.25, -0.2) is 4.98 Å². The van der Waals surface area contributed by atoms with Gasteiger partial charge < -0.3 is 9.67 Å². The van der Waals surface area contributed by atoms with Gasteiger partial charge in [-0.15, -0.1) is 0 Å². The summed E-state index contributed by atoms with van der Waals surface area (Å²) in [7, 11) is 0. The van der Waals surface area contributed by atoms with Crippen LogP contribution in [0.25, 0.3) is 0 Å². The number of imidazole rings is 1. The number of nitrogens with zero attached hydrogens (tertiary/aromatic N) is 3. The molecule has 2 heterocycles. The zero-order valence-corrected chi connectivity index (χ0v) is 10.1. The zero-order chi connectivity index (χ0) is 12.3. The van der Waals surface area contributed by atoms with Crippen LogP contribution in [-0.4, -0.2) is 44.7 Å². The molecule has 0 spiro atoms. The Labute approximate surface area is 101 Å². The van der Waals surface area contributed by atoms with Gasteiger partial charge in [0.2, 0.25) is 0 Å². The molecule has 0 aliphatic carbocycles. The number of carbonyl (C=O) groups is 1. The number of rotatable bonds is 4. The Kier molecular flexibility index (Phi) is 3.78. The maximum Gasteiger partial charge on any atom is 0.320 e. The van der Waals surface area contributed by atoms with Crippen molar-refractivity contribution in [3.05, 3.63) is 18.7 Å². The Morgan fingerprint density at radius 3 is 3.00 bits per heavy atom. The van der Waals surface area contributed by atoms with Gasteiger partial charge in [0.1, 0.15) is 6.04 Å². The van der Waals surface area contributed by atoms with Crippen molar-refractivity contribution in [2.24, 2.45) is 5.92 Å². The van der Waals surface area contributed by atoms with Crippen LogP contribution in [-0.2, 0) is 11.3 Å². The molecule has 1 aliphatic heterocycles. The van der Waals surface area contributed by atoms with E-state index < -0.39 is 5.97 Å². The van der Waals surface area contributed by atoms with E-state index in [0.717, 1.165) is 32.5 Å². The highest BCUT2D eigenvalue weighted by Crippen LogP contribution is 2.22. The van der Waals surface area contributed by atoms with Gasteiger partial charge >= 0.3 is 5.97 Å². The van der Waals surface area contributed by atoms with Crippen molar-refractivity contribution in [3.8, 4) is 0 Å². The summed E-state index contributed by atoms with van der Waals surface area (Å²) in [5, 5.41) is 9.22. The summed E-state index contributed by atoms with van der Waals surface area (Å²) in [5.41, 5.74) is 0. The average Bonchev–Trinajstić information content (AvgIpc) is 2.80. The van der Waals surface area contributed by atoms with E-state index in [2.05, 4.69) is 16.8 Å². The molecule has 1 N–H and O–H groups in total. The summed E-state index contributed by atoms with van der Waals surface area (Å²) in [6, 6.07) is -0.317. The third-order valence-corrected chi connectivity index (χ3v) is 3.47. The summed E-state index contributed by atoms with van der Waals surface area (Å²) < 4.78 is 1.98. The first-order chi connectivity index (χ1) is 8.16. The van der Waals surface area contributed by atoms with Crippen molar-refractivity contribution in [2.45, 2.75) is 32.4 Å². The largest absolute Gasteiger partial charge is 0.480 e. The van der Waals surface area contributed by atoms with Crippen LogP contribution in [0.3, 0.4) is 0 Å². The molecule has 2 unspecified atom stereocenters. The van der Waals surface area contributed by atoms with E-state index in [0.29, 0.717) is 5.92 Å². The molecule has 0 aromatic carbocycles. The van der Waals surface area contributed by atoms with Gasteiger partial charge in [-0.2, -0.15) is 0 Å². The standard InChI is InChI=1S/C12H19N3O2/c1-10-2-4-15(11(8-10)12(16)17)7-6-14-5-3-13-9-14/h3,5,9-11H,2,4,6-8H2,1H3,(H,16,17). The highest BCUT2D eigenvalue weighted by atomic mass is 16.4. The first kappa shape index (κ1) is 12.1. The van der Waals surface area contributed by atoms with Gasteiger partial charge in [-0.3, -0.25) is 9.69 Å². The molecule has 1 saturated heterocycles. The Morgan fingerprint density at radius 1 is 1.53 bits per heavy atom. The quantitative estimate of drug-likeness (QED) is 0.851. The Morgan fingerprint density at radius 2 is 2.35 bits per heavy atom. The fourth-order valence-corrected chi connectivity index (χ4v) is 2.38. The number of aliphatic carboxylic acids is 1. The molecular formula is C12H19N3O2. The summed E-state index contributed by atoms with van der Waals surface area (Å²) in [4.78, 5) is 17.3. The average molecular weight is 237 g/mol. The van der Waals surface area contributed by atoms with E-state index in [9.17, 15) is 9.90 Å². The number of hydrogen-bond donors (Lipinski definition) is 1. The first-order valence-corrected chi connectivity index (χ1v) is 6.09. The maximum absolute atomic E-state index is 11.2. The number of hydrogen-bond acceptors (Lipinski definition) is 3. The predicted octanol–water partition coefficient (Wildman–Crippen LogP) is 1.07. The molecule has 5 heteroatoms. The van der Waals surface area contributed by atoms with E-state index in [4.69, 9.17) is 0 Å². The van der Waals surface area contributed by atoms with Crippen LogP contribution in [0.2, 0.25) is 0 Å². The summed E-state index contributed by atoms with van der Waals surface area (Å²) >= 11 is 0. The van der Waals surface area contributed by atoms with Gasteiger partial charge in [0.05, 0.1) is 6.33 Å². The topological polar surface area (TPSA) is 58.4 Å². The van der Waals surface area contributed by atoms with Crippen LogP contribution in [0.5, 0.6) is 0 Å². The summed E-state index contributed by atoms with van der Waals surface area (Å²) in [5.74, 6) is -0.178. The first-order valence-electron chi connectivity index (χ1n) is 6.09. The summed E-state index contributed by atoms with van der Waals surface area (Å²) in [6.45, 7) is 4.59. The second-order valence-corrected chi connectivity index (χ2v) is 4.82. The minimum Gasteiger partial charge on any atom is -0.480 e. The van der Waals surface area contributed by atoms with E-state index in [1.807, 2.05) is 10.8 Å². The molecule has 1 aliphatic rings. The smallest absolute Gasteiger partial charge is 0.320 e. The monoisotopic (exact) mass is 237 g/mol.